The number of benzene rings is 2. The van der Waals surface area contributed by atoms with Crippen LogP contribution in [0.4, 0.5) is 0 Å². The Morgan fingerprint density at radius 1 is 1.14 bits per heavy atom. The minimum absolute atomic E-state index is 0.151. The molecule has 1 amide bonds. The van der Waals surface area contributed by atoms with Crippen LogP contribution in [0.15, 0.2) is 47.2 Å². The van der Waals surface area contributed by atoms with Gasteiger partial charge in [0.25, 0.3) is 5.91 Å². The Kier molecular flexibility index (Phi) is 5.21. The molecule has 0 spiro atoms. The van der Waals surface area contributed by atoms with Crippen molar-refractivity contribution < 1.29 is 18.8 Å². The molecule has 1 aliphatic heterocycles. The smallest absolute Gasteiger partial charge is 0.256 e. The number of imidazole rings is 1. The van der Waals surface area contributed by atoms with E-state index in [0.29, 0.717) is 57.6 Å². The normalized spacial score (nSPS) is 14.9. The summed E-state index contributed by atoms with van der Waals surface area (Å²) >= 11 is 6.29. The molecule has 2 aromatic heterocycles. The van der Waals surface area contributed by atoms with Gasteiger partial charge < -0.3 is 18.9 Å². The standard InChI is InChI=1S/C25H22ClN5O4/c1-33-17-7-5-15(21(10-17)34-2)11-30-12-20-22(23-28-24(35-29-23)14-3-4-14)27-13-31(20)19-8-6-16(26)9-18(19)25(30)32/h5-10,13-14H,3-4,11-12H2,1-2H3. The lowest BCUT2D eigenvalue weighted by atomic mass is 10.1. The van der Waals surface area contributed by atoms with Crippen molar-refractivity contribution in [2.24, 2.45) is 0 Å². The van der Waals surface area contributed by atoms with E-state index in [4.69, 9.17) is 25.6 Å². The van der Waals surface area contributed by atoms with Gasteiger partial charge in [-0.15, -0.1) is 0 Å². The summed E-state index contributed by atoms with van der Waals surface area (Å²) in [5.41, 5.74) is 3.40. The lowest BCUT2D eigenvalue weighted by Crippen LogP contribution is -2.29. The monoisotopic (exact) mass is 491 g/mol. The highest BCUT2D eigenvalue weighted by atomic mass is 35.5. The van der Waals surface area contributed by atoms with Crippen LogP contribution < -0.4 is 9.47 Å². The van der Waals surface area contributed by atoms with E-state index < -0.39 is 0 Å². The van der Waals surface area contributed by atoms with Crippen molar-refractivity contribution in [2.75, 3.05) is 14.2 Å². The van der Waals surface area contributed by atoms with Gasteiger partial charge in [0, 0.05) is 22.6 Å². The molecule has 2 aliphatic rings. The number of aromatic nitrogens is 4. The van der Waals surface area contributed by atoms with Crippen LogP contribution in [0.5, 0.6) is 11.5 Å². The zero-order valence-corrected chi connectivity index (χ0v) is 20.0. The molecule has 3 heterocycles. The number of hydrogen-bond donors (Lipinski definition) is 0. The van der Waals surface area contributed by atoms with Gasteiger partial charge in [0.1, 0.15) is 23.5 Å². The van der Waals surface area contributed by atoms with Crippen molar-refractivity contribution in [1.82, 2.24) is 24.6 Å². The van der Waals surface area contributed by atoms with Gasteiger partial charge in [-0.2, -0.15) is 4.98 Å². The lowest BCUT2D eigenvalue weighted by Gasteiger charge is -2.22. The lowest BCUT2D eigenvalue weighted by molar-refractivity contribution is 0.0732. The number of methoxy groups -OCH3 is 2. The van der Waals surface area contributed by atoms with E-state index in [9.17, 15) is 4.79 Å². The Morgan fingerprint density at radius 2 is 2.00 bits per heavy atom. The molecule has 0 atom stereocenters. The van der Waals surface area contributed by atoms with Crippen molar-refractivity contribution in [3.05, 3.63) is 70.5 Å². The molecule has 9 nitrogen and oxygen atoms in total. The van der Waals surface area contributed by atoms with E-state index >= 15 is 0 Å². The maximum atomic E-state index is 13.8. The Morgan fingerprint density at radius 3 is 2.77 bits per heavy atom. The molecule has 6 rings (SSSR count). The van der Waals surface area contributed by atoms with Crippen LogP contribution in [-0.4, -0.2) is 44.7 Å². The van der Waals surface area contributed by atoms with Crippen LogP contribution in [0.1, 0.15) is 46.3 Å². The van der Waals surface area contributed by atoms with Gasteiger partial charge in [-0.25, -0.2) is 4.98 Å². The first kappa shape index (κ1) is 21.7. The number of ether oxygens (including phenoxy) is 2. The summed E-state index contributed by atoms with van der Waals surface area (Å²) < 4.78 is 18.3. The van der Waals surface area contributed by atoms with Gasteiger partial charge in [-0.05, 0) is 43.2 Å². The van der Waals surface area contributed by atoms with E-state index in [1.807, 2.05) is 22.8 Å². The topological polar surface area (TPSA) is 95.5 Å². The second-order valence-electron chi connectivity index (χ2n) is 8.64. The van der Waals surface area contributed by atoms with Crippen LogP contribution >= 0.6 is 11.6 Å². The number of nitrogens with zero attached hydrogens (tertiary/aromatic N) is 5. The van der Waals surface area contributed by atoms with Crippen LogP contribution in [0, 0.1) is 0 Å². The third-order valence-corrected chi connectivity index (χ3v) is 6.61. The highest BCUT2D eigenvalue weighted by molar-refractivity contribution is 6.31. The molecule has 4 aromatic rings. The highest BCUT2D eigenvalue weighted by Crippen LogP contribution is 2.40. The van der Waals surface area contributed by atoms with Gasteiger partial charge in [0.05, 0.1) is 44.3 Å². The molecule has 0 radical (unpaired) electrons. The number of amides is 1. The third kappa shape index (κ3) is 3.81. The number of halogens is 1. The van der Waals surface area contributed by atoms with E-state index in [1.54, 1.807) is 43.6 Å². The number of fused-ring (bicyclic) bond motifs is 3. The predicted molar refractivity (Wildman–Crippen MR) is 127 cm³/mol. The summed E-state index contributed by atoms with van der Waals surface area (Å²) in [5.74, 6) is 2.55. The second kappa shape index (κ2) is 8.42. The zero-order chi connectivity index (χ0) is 24.1. The fourth-order valence-corrected chi connectivity index (χ4v) is 4.55. The Labute approximate surface area is 206 Å². The molecule has 0 saturated heterocycles. The molecule has 35 heavy (non-hydrogen) atoms. The van der Waals surface area contributed by atoms with Gasteiger partial charge in [-0.3, -0.25) is 9.36 Å². The van der Waals surface area contributed by atoms with Gasteiger partial charge in [0.2, 0.25) is 11.7 Å². The zero-order valence-electron chi connectivity index (χ0n) is 19.2. The summed E-state index contributed by atoms with van der Waals surface area (Å²) in [7, 11) is 3.20. The number of rotatable bonds is 6. The first-order valence-corrected chi connectivity index (χ1v) is 11.6. The van der Waals surface area contributed by atoms with Crippen LogP contribution in [0.25, 0.3) is 17.2 Å². The summed E-state index contributed by atoms with van der Waals surface area (Å²) in [6.07, 6.45) is 3.81. The average Bonchev–Trinajstić information content (AvgIpc) is 3.49. The van der Waals surface area contributed by atoms with Crippen molar-refractivity contribution in [3.8, 4) is 28.7 Å². The van der Waals surface area contributed by atoms with Crippen LogP contribution in [0.2, 0.25) is 5.02 Å². The molecule has 1 aliphatic carbocycles. The minimum atomic E-state index is -0.151. The predicted octanol–water partition coefficient (Wildman–Crippen LogP) is 4.63. The van der Waals surface area contributed by atoms with Gasteiger partial charge >= 0.3 is 0 Å². The maximum absolute atomic E-state index is 13.8. The fourth-order valence-electron chi connectivity index (χ4n) is 4.38. The van der Waals surface area contributed by atoms with Crippen LogP contribution in [-0.2, 0) is 13.1 Å². The number of carbonyl (C=O) groups is 1. The molecule has 2 aromatic carbocycles. The van der Waals surface area contributed by atoms with Gasteiger partial charge in [-0.1, -0.05) is 16.8 Å². The number of hydrogen-bond acceptors (Lipinski definition) is 7. The summed E-state index contributed by atoms with van der Waals surface area (Å²) in [5, 5.41) is 4.66. The molecule has 0 unspecified atom stereocenters. The Balaban J connectivity index is 1.45. The first-order chi connectivity index (χ1) is 17.1. The molecular weight excluding hydrogens is 470 g/mol. The molecule has 178 valence electrons. The first-order valence-electron chi connectivity index (χ1n) is 11.3. The van der Waals surface area contributed by atoms with E-state index in [-0.39, 0.29) is 12.5 Å². The van der Waals surface area contributed by atoms with E-state index in [0.717, 1.165) is 24.1 Å². The Hall–Kier alpha value is -3.85. The van der Waals surface area contributed by atoms with Crippen molar-refractivity contribution in [3.63, 3.8) is 0 Å². The SMILES string of the molecule is COc1ccc(CN2Cc3c(-c4noc(C5CC5)n4)ncn3-c3ccc(Cl)cc3C2=O)c(OC)c1. The average molecular weight is 492 g/mol. The number of carbonyl (C=O) groups excluding carboxylic acids is 1. The van der Waals surface area contributed by atoms with Crippen LogP contribution in [0.3, 0.4) is 0 Å². The van der Waals surface area contributed by atoms with E-state index in [2.05, 4.69) is 15.1 Å². The van der Waals surface area contributed by atoms with Crippen molar-refractivity contribution in [1.29, 1.82) is 0 Å². The quantitative estimate of drug-likeness (QED) is 0.388. The molecule has 1 saturated carbocycles. The summed E-state index contributed by atoms with van der Waals surface area (Å²) in [6, 6.07) is 10.8. The largest absolute Gasteiger partial charge is 0.497 e. The Bertz CT molecular complexity index is 1440. The van der Waals surface area contributed by atoms with Gasteiger partial charge in [0.15, 0.2) is 0 Å². The molecule has 10 heteroatoms. The second-order valence-corrected chi connectivity index (χ2v) is 9.08. The van der Waals surface area contributed by atoms with E-state index in [1.165, 1.54) is 0 Å². The summed E-state index contributed by atoms with van der Waals surface area (Å²) in [6.45, 7) is 0.588. The fraction of sp³-hybridized carbons (Fsp3) is 0.280. The summed E-state index contributed by atoms with van der Waals surface area (Å²) in [4.78, 5) is 24.7. The molecule has 0 N–H and O–H groups in total. The molecule has 0 bridgehead atoms. The minimum Gasteiger partial charge on any atom is -0.497 e. The third-order valence-electron chi connectivity index (χ3n) is 6.38. The maximum Gasteiger partial charge on any atom is 0.256 e. The molecular formula is C25H22ClN5O4. The highest BCUT2D eigenvalue weighted by Gasteiger charge is 2.33. The van der Waals surface area contributed by atoms with Crippen molar-refractivity contribution >= 4 is 17.5 Å². The van der Waals surface area contributed by atoms with Crippen molar-refractivity contribution in [2.45, 2.75) is 31.8 Å². The molecule has 1 fully saturated rings.